The van der Waals surface area contributed by atoms with Crippen LogP contribution < -0.4 is 19.6 Å². The first-order chi connectivity index (χ1) is 20.6. The largest absolute Gasteiger partial charge is 0.507 e. The molecule has 0 bridgehead atoms. The summed E-state index contributed by atoms with van der Waals surface area (Å²) < 4.78 is 40.1. The van der Waals surface area contributed by atoms with E-state index in [1.807, 2.05) is 19.9 Å². The van der Waals surface area contributed by atoms with Crippen molar-refractivity contribution in [2.75, 3.05) is 26.9 Å². The number of allylic oxidation sites excluding steroid dienone is 2. The van der Waals surface area contributed by atoms with Crippen LogP contribution in [0.5, 0.6) is 23.0 Å². The van der Waals surface area contributed by atoms with Crippen molar-refractivity contribution < 1.29 is 53.3 Å². The number of benzene rings is 2. The highest BCUT2D eigenvalue weighted by molar-refractivity contribution is 5.91. The van der Waals surface area contributed by atoms with Gasteiger partial charge in [-0.1, -0.05) is 11.6 Å². The third kappa shape index (κ3) is 6.35. The number of hydrogen-bond acceptors (Lipinski definition) is 12. The number of methoxy groups -OCH3 is 1. The lowest BCUT2D eigenvalue weighted by molar-refractivity contribution is -0.268. The second kappa shape index (κ2) is 12.9. The zero-order chi connectivity index (χ0) is 30.8. The highest BCUT2D eigenvalue weighted by atomic mass is 16.7. The normalized spacial score (nSPS) is 24.2. The van der Waals surface area contributed by atoms with Gasteiger partial charge in [-0.25, -0.2) is 0 Å². The number of ether oxygens (including phenoxy) is 6. The molecule has 0 radical (unpaired) electrons. The molecule has 0 unspecified atom stereocenters. The SMILES string of the molecule is COc1ccc(-c2oc3c(CC=C(C)C)c(OCC4OCCO4)cc(O)c3c(=O)c2O[C@@H]2O[C@@H](C)[C@H](O)[C@@H](O)[C@H]2O)cc1. The van der Waals surface area contributed by atoms with Crippen molar-refractivity contribution in [3.8, 4) is 34.3 Å². The third-order valence-electron chi connectivity index (χ3n) is 7.34. The Kier molecular flexibility index (Phi) is 9.25. The van der Waals surface area contributed by atoms with Crippen molar-refractivity contribution in [3.63, 3.8) is 0 Å². The van der Waals surface area contributed by atoms with E-state index in [1.165, 1.54) is 20.1 Å². The van der Waals surface area contributed by atoms with Crippen LogP contribution in [-0.2, 0) is 20.6 Å². The average molecular weight is 601 g/mol. The number of aliphatic hydroxyl groups excluding tert-OH is 3. The summed E-state index contributed by atoms with van der Waals surface area (Å²) in [5.41, 5.74) is 1.23. The minimum Gasteiger partial charge on any atom is -0.507 e. The second-order valence-corrected chi connectivity index (χ2v) is 10.7. The van der Waals surface area contributed by atoms with E-state index in [4.69, 9.17) is 32.8 Å². The summed E-state index contributed by atoms with van der Waals surface area (Å²) in [4.78, 5) is 14.1. The van der Waals surface area contributed by atoms with E-state index in [0.717, 1.165) is 5.57 Å². The molecule has 0 spiro atoms. The molecule has 5 atom stereocenters. The topological polar surface area (TPSA) is 167 Å². The Labute approximate surface area is 247 Å². The number of rotatable bonds is 9. The van der Waals surface area contributed by atoms with Gasteiger partial charge in [0.15, 0.2) is 12.1 Å². The fraction of sp³-hybridized carbons (Fsp3) is 0.452. The van der Waals surface area contributed by atoms with Crippen molar-refractivity contribution in [1.29, 1.82) is 0 Å². The summed E-state index contributed by atoms with van der Waals surface area (Å²) in [5.74, 6) is 0.00780. The average Bonchev–Trinajstić information content (AvgIpc) is 3.52. The molecule has 232 valence electrons. The zero-order valence-electron chi connectivity index (χ0n) is 24.3. The Morgan fingerprint density at radius 3 is 2.40 bits per heavy atom. The summed E-state index contributed by atoms with van der Waals surface area (Å²) in [7, 11) is 1.52. The van der Waals surface area contributed by atoms with Gasteiger partial charge in [0.25, 0.3) is 0 Å². The molecule has 2 fully saturated rings. The quantitative estimate of drug-likeness (QED) is 0.266. The summed E-state index contributed by atoms with van der Waals surface area (Å²) in [6, 6.07) is 7.97. The lowest BCUT2D eigenvalue weighted by Crippen LogP contribution is -2.58. The number of phenolic OH excluding ortho intramolecular Hbond substituents is 1. The molecule has 2 saturated heterocycles. The summed E-state index contributed by atoms with van der Waals surface area (Å²) in [6.07, 6.45) is -5.46. The van der Waals surface area contributed by atoms with Gasteiger partial charge in [0, 0.05) is 17.2 Å². The molecule has 4 N–H and O–H groups in total. The van der Waals surface area contributed by atoms with Crippen LogP contribution in [0.2, 0.25) is 0 Å². The van der Waals surface area contributed by atoms with Crippen LogP contribution in [0.25, 0.3) is 22.3 Å². The highest BCUT2D eigenvalue weighted by Crippen LogP contribution is 2.41. The van der Waals surface area contributed by atoms with Gasteiger partial charge in [-0.15, -0.1) is 0 Å². The Hall–Kier alpha value is -3.65. The van der Waals surface area contributed by atoms with Crippen molar-refractivity contribution in [2.24, 2.45) is 0 Å². The number of hydrogen-bond donors (Lipinski definition) is 4. The first-order valence-electron chi connectivity index (χ1n) is 13.9. The Morgan fingerprint density at radius 2 is 1.74 bits per heavy atom. The molecule has 1 aromatic heterocycles. The molecule has 5 rings (SSSR count). The van der Waals surface area contributed by atoms with Crippen LogP contribution in [0.15, 0.2) is 51.2 Å². The lowest BCUT2D eigenvalue weighted by Gasteiger charge is -2.38. The molecule has 3 heterocycles. The molecular weight excluding hydrogens is 564 g/mol. The maximum Gasteiger partial charge on any atom is 0.239 e. The molecular formula is C31H36O12. The number of fused-ring (bicyclic) bond motifs is 1. The number of aromatic hydroxyl groups is 1. The van der Waals surface area contributed by atoms with E-state index in [9.17, 15) is 25.2 Å². The maximum atomic E-state index is 14.1. The van der Waals surface area contributed by atoms with Crippen LogP contribution >= 0.6 is 0 Å². The van der Waals surface area contributed by atoms with Crippen LogP contribution in [0.3, 0.4) is 0 Å². The maximum absolute atomic E-state index is 14.1. The monoisotopic (exact) mass is 600 g/mol. The van der Waals surface area contributed by atoms with Crippen molar-refractivity contribution in [2.45, 2.75) is 64.2 Å². The number of aliphatic hydroxyl groups is 3. The summed E-state index contributed by atoms with van der Waals surface area (Å²) >= 11 is 0. The van der Waals surface area contributed by atoms with Crippen molar-refractivity contribution >= 4 is 11.0 Å². The first-order valence-corrected chi connectivity index (χ1v) is 13.9. The van der Waals surface area contributed by atoms with Crippen LogP contribution in [0.4, 0.5) is 0 Å². The van der Waals surface area contributed by atoms with E-state index >= 15 is 0 Å². The minimum absolute atomic E-state index is 0.0262. The van der Waals surface area contributed by atoms with Gasteiger partial charge in [0.2, 0.25) is 17.5 Å². The Bertz CT molecular complexity index is 1520. The molecule has 3 aromatic rings. The van der Waals surface area contributed by atoms with Gasteiger partial charge in [-0.3, -0.25) is 4.79 Å². The molecule has 0 amide bonds. The van der Waals surface area contributed by atoms with Gasteiger partial charge in [0.1, 0.15) is 53.1 Å². The fourth-order valence-corrected chi connectivity index (χ4v) is 4.92. The van der Waals surface area contributed by atoms with Crippen LogP contribution in [0, 0.1) is 0 Å². The molecule has 2 aromatic carbocycles. The summed E-state index contributed by atoms with van der Waals surface area (Å²) in [6.45, 7) is 6.28. The molecule has 43 heavy (non-hydrogen) atoms. The zero-order valence-corrected chi connectivity index (χ0v) is 24.3. The molecule has 0 saturated carbocycles. The van der Waals surface area contributed by atoms with Gasteiger partial charge in [-0.05, 0) is 51.5 Å². The molecule has 0 aliphatic carbocycles. The number of phenols is 1. The molecule has 12 nitrogen and oxygen atoms in total. The van der Waals surface area contributed by atoms with Gasteiger partial charge in [-0.2, -0.15) is 0 Å². The summed E-state index contributed by atoms with van der Waals surface area (Å²) in [5, 5.41) is 42.0. The van der Waals surface area contributed by atoms with E-state index in [1.54, 1.807) is 24.3 Å². The van der Waals surface area contributed by atoms with E-state index < -0.39 is 48.2 Å². The van der Waals surface area contributed by atoms with Gasteiger partial charge >= 0.3 is 0 Å². The van der Waals surface area contributed by atoms with Crippen LogP contribution in [-0.4, -0.2) is 84.4 Å². The molecule has 2 aliphatic heterocycles. The van der Waals surface area contributed by atoms with E-state index in [2.05, 4.69) is 0 Å². The standard InChI is InChI=1S/C31H36O12/c1-15(2)5-10-19-21(40-14-22-38-11-12-39-22)13-20(32)23-25(34)30(43-31-27(36)26(35)24(33)16(3)41-31)28(42-29(19)23)17-6-8-18(37-4)9-7-17/h5-9,13,16,22,24,26-27,31-33,35-36H,10-12,14H2,1-4H3/t16-,24-,26+,27+,31-/m0/s1. The van der Waals surface area contributed by atoms with Crippen LogP contribution in [0.1, 0.15) is 26.3 Å². The fourth-order valence-electron chi connectivity index (χ4n) is 4.92. The molecule has 12 heteroatoms. The second-order valence-electron chi connectivity index (χ2n) is 10.7. The smallest absolute Gasteiger partial charge is 0.239 e. The van der Waals surface area contributed by atoms with Crippen molar-refractivity contribution in [3.05, 3.63) is 57.8 Å². The van der Waals surface area contributed by atoms with Gasteiger partial charge < -0.3 is 53.3 Å². The van der Waals surface area contributed by atoms with Gasteiger partial charge in [0.05, 0.1) is 26.4 Å². The molecule has 2 aliphatic rings. The van der Waals surface area contributed by atoms with E-state index in [0.29, 0.717) is 36.5 Å². The predicted octanol–water partition coefficient (Wildman–Crippen LogP) is 2.64. The van der Waals surface area contributed by atoms with Crippen molar-refractivity contribution in [1.82, 2.24) is 0 Å². The Morgan fingerprint density at radius 1 is 1.05 bits per heavy atom. The highest BCUT2D eigenvalue weighted by Gasteiger charge is 2.44. The first kappa shape index (κ1) is 30.8. The third-order valence-corrected chi connectivity index (χ3v) is 7.34. The van der Waals surface area contributed by atoms with E-state index in [-0.39, 0.29) is 34.8 Å². The predicted molar refractivity (Wildman–Crippen MR) is 153 cm³/mol. The minimum atomic E-state index is -1.69. The Balaban J connectivity index is 1.69. The lowest BCUT2D eigenvalue weighted by atomic mass is 10.00.